The number of aromatic carboxylic acids is 1. The van der Waals surface area contributed by atoms with Crippen molar-refractivity contribution < 1.29 is 14.7 Å². The number of anilines is 1. The van der Waals surface area contributed by atoms with E-state index in [1.165, 1.54) is 18.2 Å². The molecule has 0 aliphatic rings. The number of benzene rings is 1. The van der Waals surface area contributed by atoms with Gasteiger partial charge in [0, 0.05) is 16.8 Å². The summed E-state index contributed by atoms with van der Waals surface area (Å²) in [6, 6.07) is 3.92. The fourth-order valence-corrected chi connectivity index (χ4v) is 1.87. The topological polar surface area (TPSA) is 78.4 Å². The predicted molar refractivity (Wildman–Crippen MR) is 74.9 cm³/mol. The summed E-state index contributed by atoms with van der Waals surface area (Å²) in [6.45, 7) is 3.97. The Hall–Kier alpha value is -1.75. The van der Waals surface area contributed by atoms with Crippen LogP contribution in [-0.4, -0.2) is 23.1 Å². The molecule has 0 radical (unpaired) electrons. The number of hydrogen-bond acceptors (Lipinski definition) is 2. The first-order chi connectivity index (χ1) is 8.96. The largest absolute Gasteiger partial charge is 0.478 e. The third-order valence-electron chi connectivity index (χ3n) is 2.72. The van der Waals surface area contributed by atoms with Gasteiger partial charge in [-0.05, 0) is 31.0 Å². The van der Waals surface area contributed by atoms with E-state index in [1.807, 2.05) is 13.8 Å². The van der Waals surface area contributed by atoms with Gasteiger partial charge in [0.05, 0.1) is 5.56 Å². The second kappa shape index (κ2) is 6.99. The molecular weight excluding hydrogens is 268 g/mol. The summed E-state index contributed by atoms with van der Waals surface area (Å²) in [6.07, 6.45) is 1.67. The van der Waals surface area contributed by atoms with Crippen molar-refractivity contribution >= 4 is 29.3 Å². The highest BCUT2D eigenvalue weighted by molar-refractivity contribution is 6.31. The monoisotopic (exact) mass is 284 g/mol. The maximum Gasteiger partial charge on any atom is 0.335 e. The van der Waals surface area contributed by atoms with Crippen LogP contribution in [0.25, 0.3) is 0 Å². The lowest BCUT2D eigenvalue weighted by atomic mass is 10.2. The average Bonchev–Trinajstić information content (AvgIpc) is 2.35. The fraction of sp³-hybridized carbons (Fsp3) is 0.385. The Morgan fingerprint density at radius 3 is 2.42 bits per heavy atom. The molecule has 0 fully saturated rings. The molecule has 0 heterocycles. The summed E-state index contributed by atoms with van der Waals surface area (Å²) >= 11 is 5.80. The van der Waals surface area contributed by atoms with Gasteiger partial charge in [-0.25, -0.2) is 9.59 Å². The number of carboxylic acid groups (broad SMARTS) is 1. The Kier molecular flexibility index (Phi) is 5.63. The first-order valence-electron chi connectivity index (χ1n) is 6.07. The third-order valence-corrected chi connectivity index (χ3v) is 2.94. The number of urea groups is 1. The van der Waals surface area contributed by atoms with Crippen LogP contribution >= 0.6 is 11.6 Å². The van der Waals surface area contributed by atoms with Gasteiger partial charge in [-0.2, -0.15) is 0 Å². The second-order valence-electron chi connectivity index (χ2n) is 4.15. The van der Waals surface area contributed by atoms with E-state index < -0.39 is 5.97 Å². The zero-order valence-corrected chi connectivity index (χ0v) is 11.6. The Labute approximate surface area is 117 Å². The van der Waals surface area contributed by atoms with Crippen LogP contribution in [-0.2, 0) is 0 Å². The summed E-state index contributed by atoms with van der Waals surface area (Å²) in [5.41, 5.74) is 0.388. The summed E-state index contributed by atoms with van der Waals surface area (Å²) in [5.74, 6) is -1.09. The molecule has 0 aliphatic carbocycles. The second-order valence-corrected chi connectivity index (χ2v) is 4.58. The molecule has 6 heteroatoms. The maximum absolute atomic E-state index is 11.7. The molecule has 0 aliphatic heterocycles. The van der Waals surface area contributed by atoms with E-state index >= 15 is 0 Å². The van der Waals surface area contributed by atoms with Gasteiger partial charge in [-0.15, -0.1) is 0 Å². The zero-order valence-electron chi connectivity index (χ0n) is 10.9. The van der Waals surface area contributed by atoms with Crippen LogP contribution in [0.2, 0.25) is 5.02 Å². The summed E-state index contributed by atoms with van der Waals surface area (Å²) in [7, 11) is 0. The number of hydrogen-bond donors (Lipinski definition) is 3. The smallest absolute Gasteiger partial charge is 0.335 e. The van der Waals surface area contributed by atoms with E-state index in [4.69, 9.17) is 16.7 Å². The van der Waals surface area contributed by atoms with Crippen molar-refractivity contribution in [2.75, 3.05) is 5.32 Å². The van der Waals surface area contributed by atoms with Crippen LogP contribution in [0, 0.1) is 0 Å². The molecule has 1 rings (SSSR count). The molecule has 3 N–H and O–H groups in total. The average molecular weight is 285 g/mol. The Balaban J connectivity index is 2.76. The van der Waals surface area contributed by atoms with Gasteiger partial charge in [-0.1, -0.05) is 25.4 Å². The first-order valence-corrected chi connectivity index (χ1v) is 6.45. The fourth-order valence-electron chi connectivity index (χ4n) is 1.63. The SMILES string of the molecule is CCC(CC)NC(=O)Nc1cc(Cl)cc(C(=O)O)c1. The van der Waals surface area contributed by atoms with Gasteiger partial charge in [-0.3, -0.25) is 0 Å². The molecule has 2 amide bonds. The molecule has 19 heavy (non-hydrogen) atoms. The molecule has 0 bridgehead atoms. The summed E-state index contributed by atoms with van der Waals surface area (Å²) < 4.78 is 0. The lowest BCUT2D eigenvalue weighted by molar-refractivity contribution is 0.0697. The highest BCUT2D eigenvalue weighted by Crippen LogP contribution is 2.19. The van der Waals surface area contributed by atoms with Crippen molar-refractivity contribution in [2.24, 2.45) is 0 Å². The lowest BCUT2D eigenvalue weighted by Gasteiger charge is -2.15. The molecule has 1 aromatic rings. The zero-order chi connectivity index (χ0) is 14.4. The van der Waals surface area contributed by atoms with E-state index in [2.05, 4.69) is 10.6 Å². The standard InChI is InChI=1S/C13H17ClN2O3/c1-3-10(4-2)15-13(19)16-11-6-8(12(17)18)5-9(14)7-11/h5-7,10H,3-4H2,1-2H3,(H,17,18)(H2,15,16,19). The van der Waals surface area contributed by atoms with Crippen molar-refractivity contribution in [2.45, 2.75) is 32.7 Å². The minimum absolute atomic E-state index is 0.0327. The normalized spacial score (nSPS) is 10.3. The van der Waals surface area contributed by atoms with Gasteiger partial charge in [0.25, 0.3) is 0 Å². The third kappa shape index (κ3) is 4.79. The van der Waals surface area contributed by atoms with Gasteiger partial charge >= 0.3 is 12.0 Å². The first kappa shape index (κ1) is 15.3. The Morgan fingerprint density at radius 1 is 1.26 bits per heavy atom. The minimum Gasteiger partial charge on any atom is -0.478 e. The van der Waals surface area contributed by atoms with Gasteiger partial charge < -0.3 is 15.7 Å². The van der Waals surface area contributed by atoms with Crippen molar-refractivity contribution in [3.63, 3.8) is 0 Å². The van der Waals surface area contributed by atoms with Crippen LogP contribution in [0.1, 0.15) is 37.0 Å². The Bertz CT molecular complexity index is 473. The number of carbonyl (C=O) groups excluding carboxylic acids is 1. The number of carboxylic acids is 1. The number of carbonyl (C=O) groups is 2. The molecule has 0 saturated carbocycles. The van der Waals surface area contributed by atoms with Crippen LogP contribution < -0.4 is 10.6 Å². The molecule has 5 nitrogen and oxygen atoms in total. The van der Waals surface area contributed by atoms with Gasteiger partial charge in [0.1, 0.15) is 0 Å². The molecule has 104 valence electrons. The van der Waals surface area contributed by atoms with Gasteiger partial charge in [0.2, 0.25) is 0 Å². The molecular formula is C13H17ClN2O3. The molecule has 0 atom stereocenters. The number of halogens is 1. The highest BCUT2D eigenvalue weighted by Gasteiger charge is 2.11. The number of amides is 2. The van der Waals surface area contributed by atoms with Crippen LogP contribution in [0.3, 0.4) is 0 Å². The molecule has 0 unspecified atom stereocenters. The molecule has 0 aromatic heterocycles. The molecule has 1 aromatic carbocycles. The van der Waals surface area contributed by atoms with Crippen molar-refractivity contribution in [3.05, 3.63) is 28.8 Å². The maximum atomic E-state index is 11.7. The van der Waals surface area contributed by atoms with E-state index in [0.29, 0.717) is 5.69 Å². The lowest BCUT2D eigenvalue weighted by Crippen LogP contribution is -2.37. The van der Waals surface area contributed by atoms with Crippen molar-refractivity contribution in [3.8, 4) is 0 Å². The molecule has 0 spiro atoms. The predicted octanol–water partition coefficient (Wildman–Crippen LogP) is 3.35. The van der Waals surface area contributed by atoms with E-state index in [9.17, 15) is 9.59 Å². The molecule has 0 saturated heterocycles. The van der Waals surface area contributed by atoms with Crippen molar-refractivity contribution in [1.82, 2.24) is 5.32 Å². The van der Waals surface area contributed by atoms with Crippen LogP contribution in [0.15, 0.2) is 18.2 Å². The minimum atomic E-state index is -1.09. The Morgan fingerprint density at radius 2 is 1.89 bits per heavy atom. The van der Waals surface area contributed by atoms with E-state index in [0.717, 1.165) is 12.8 Å². The summed E-state index contributed by atoms with van der Waals surface area (Å²) in [4.78, 5) is 22.6. The number of rotatable bonds is 5. The van der Waals surface area contributed by atoms with Crippen LogP contribution in [0.4, 0.5) is 10.5 Å². The highest BCUT2D eigenvalue weighted by atomic mass is 35.5. The summed E-state index contributed by atoms with van der Waals surface area (Å²) in [5, 5.41) is 14.5. The van der Waals surface area contributed by atoms with Crippen molar-refractivity contribution in [1.29, 1.82) is 0 Å². The quantitative estimate of drug-likeness (QED) is 0.776. The van der Waals surface area contributed by atoms with Gasteiger partial charge in [0.15, 0.2) is 0 Å². The van der Waals surface area contributed by atoms with Crippen LogP contribution in [0.5, 0.6) is 0 Å². The van der Waals surface area contributed by atoms with E-state index in [1.54, 1.807) is 0 Å². The number of nitrogens with one attached hydrogen (secondary N) is 2. The van der Waals surface area contributed by atoms with E-state index in [-0.39, 0.29) is 22.7 Å².